The second kappa shape index (κ2) is 7.07. The first-order chi connectivity index (χ1) is 13.7. The van der Waals surface area contributed by atoms with Crippen LogP contribution < -0.4 is 9.47 Å². The number of fused-ring (bicyclic) bond motifs is 2. The molecule has 3 aromatic rings. The fourth-order valence-corrected chi connectivity index (χ4v) is 5.14. The molecular weight excluding hydrogens is 376 g/mol. The maximum Gasteiger partial charge on any atom is 0.306 e. The van der Waals surface area contributed by atoms with E-state index in [4.69, 9.17) is 14.5 Å². The summed E-state index contributed by atoms with van der Waals surface area (Å²) in [5, 5.41) is 10.4. The minimum absolute atomic E-state index is 0.0263. The SMILES string of the molecule is O=C(O)C1CCN(C(c2ccc3c(c2)OCO3)c2nc3ccccc3s2)CC1. The average molecular weight is 396 g/mol. The molecule has 2 aliphatic heterocycles. The van der Waals surface area contributed by atoms with Crippen LogP contribution in [0.2, 0.25) is 0 Å². The van der Waals surface area contributed by atoms with Gasteiger partial charge in [0, 0.05) is 0 Å². The number of nitrogens with zero attached hydrogens (tertiary/aromatic N) is 2. The number of carboxylic acid groups (broad SMARTS) is 1. The van der Waals surface area contributed by atoms with Gasteiger partial charge < -0.3 is 14.6 Å². The third kappa shape index (κ3) is 3.10. The van der Waals surface area contributed by atoms with Crippen LogP contribution in [0.15, 0.2) is 42.5 Å². The van der Waals surface area contributed by atoms with Gasteiger partial charge in [-0.15, -0.1) is 11.3 Å². The number of para-hydroxylation sites is 1. The molecule has 1 aromatic heterocycles. The molecule has 0 aliphatic carbocycles. The van der Waals surface area contributed by atoms with Crippen LogP contribution >= 0.6 is 11.3 Å². The Kier molecular flexibility index (Phi) is 4.41. The maximum absolute atomic E-state index is 11.4. The van der Waals surface area contributed by atoms with Crippen molar-refractivity contribution in [3.8, 4) is 11.5 Å². The van der Waals surface area contributed by atoms with Crippen molar-refractivity contribution in [2.45, 2.75) is 18.9 Å². The standard InChI is InChI=1S/C21H20N2O4S/c24-21(25)13-7-9-23(10-8-13)19(14-5-6-16-17(11-14)27-12-26-16)20-22-15-3-1-2-4-18(15)28-20/h1-6,11,13,19H,7-10,12H2,(H,24,25). The Labute approximate surface area is 166 Å². The molecule has 7 heteroatoms. The molecule has 3 heterocycles. The zero-order chi connectivity index (χ0) is 19.1. The summed E-state index contributed by atoms with van der Waals surface area (Å²) in [6.07, 6.45) is 1.31. The van der Waals surface area contributed by atoms with Crippen LogP contribution in [0.25, 0.3) is 10.2 Å². The Bertz CT molecular complexity index is 993. The first kappa shape index (κ1) is 17.5. The molecule has 1 fully saturated rings. The van der Waals surface area contributed by atoms with Crippen molar-refractivity contribution >= 4 is 27.5 Å². The predicted octanol–water partition coefficient (Wildman–Crippen LogP) is 3.91. The van der Waals surface area contributed by atoms with Crippen molar-refractivity contribution in [1.29, 1.82) is 0 Å². The van der Waals surface area contributed by atoms with E-state index in [1.807, 2.05) is 30.3 Å². The van der Waals surface area contributed by atoms with Crippen molar-refractivity contribution in [2.24, 2.45) is 5.92 Å². The predicted molar refractivity (Wildman–Crippen MR) is 106 cm³/mol. The Morgan fingerprint density at radius 3 is 2.71 bits per heavy atom. The van der Waals surface area contributed by atoms with E-state index >= 15 is 0 Å². The second-order valence-electron chi connectivity index (χ2n) is 7.18. The summed E-state index contributed by atoms with van der Waals surface area (Å²) in [5.74, 6) is 0.559. The molecule has 0 radical (unpaired) electrons. The second-order valence-corrected chi connectivity index (χ2v) is 8.25. The van der Waals surface area contributed by atoms with E-state index in [1.54, 1.807) is 11.3 Å². The van der Waals surface area contributed by atoms with Gasteiger partial charge in [0.1, 0.15) is 5.01 Å². The molecule has 0 saturated carbocycles. The van der Waals surface area contributed by atoms with Crippen LogP contribution in [0.1, 0.15) is 29.5 Å². The molecule has 0 amide bonds. The molecule has 144 valence electrons. The molecule has 1 atom stereocenters. The molecule has 6 nitrogen and oxygen atoms in total. The van der Waals surface area contributed by atoms with E-state index < -0.39 is 5.97 Å². The summed E-state index contributed by atoms with van der Waals surface area (Å²) in [4.78, 5) is 18.6. The molecule has 2 aromatic carbocycles. The Morgan fingerprint density at radius 1 is 1.14 bits per heavy atom. The van der Waals surface area contributed by atoms with Crippen LogP contribution in [0.3, 0.4) is 0 Å². The highest BCUT2D eigenvalue weighted by Crippen LogP contribution is 2.40. The van der Waals surface area contributed by atoms with Gasteiger partial charge in [-0.3, -0.25) is 9.69 Å². The first-order valence-corrected chi connectivity index (χ1v) is 10.2. The maximum atomic E-state index is 11.4. The molecule has 1 saturated heterocycles. The molecule has 1 unspecified atom stereocenters. The highest BCUT2D eigenvalue weighted by molar-refractivity contribution is 7.18. The van der Waals surface area contributed by atoms with E-state index in [9.17, 15) is 9.90 Å². The number of piperidine rings is 1. The van der Waals surface area contributed by atoms with Gasteiger partial charge >= 0.3 is 5.97 Å². The minimum atomic E-state index is -0.695. The summed E-state index contributed by atoms with van der Waals surface area (Å²) >= 11 is 1.69. The molecule has 0 spiro atoms. The normalized spacial score (nSPS) is 18.4. The van der Waals surface area contributed by atoms with Gasteiger partial charge in [-0.25, -0.2) is 4.98 Å². The average Bonchev–Trinajstić information content (AvgIpc) is 3.34. The Morgan fingerprint density at radius 2 is 1.93 bits per heavy atom. The summed E-state index contributed by atoms with van der Waals surface area (Å²) in [5.41, 5.74) is 2.09. The number of aliphatic carboxylic acids is 1. The Balaban J connectivity index is 1.53. The van der Waals surface area contributed by atoms with Crippen molar-refractivity contribution in [3.63, 3.8) is 0 Å². The highest BCUT2D eigenvalue weighted by atomic mass is 32.1. The van der Waals surface area contributed by atoms with E-state index in [-0.39, 0.29) is 18.8 Å². The summed E-state index contributed by atoms with van der Waals surface area (Å²) in [7, 11) is 0. The number of benzene rings is 2. The number of aromatic nitrogens is 1. The lowest BCUT2D eigenvalue weighted by Crippen LogP contribution is -2.39. The van der Waals surface area contributed by atoms with Crippen LogP contribution in [0.5, 0.6) is 11.5 Å². The third-order valence-corrected chi connectivity index (χ3v) is 6.59. The van der Waals surface area contributed by atoms with E-state index in [2.05, 4.69) is 17.0 Å². The molecule has 28 heavy (non-hydrogen) atoms. The lowest BCUT2D eigenvalue weighted by Gasteiger charge is -2.35. The molecular formula is C21H20N2O4S. The van der Waals surface area contributed by atoms with Gasteiger partial charge in [-0.1, -0.05) is 18.2 Å². The van der Waals surface area contributed by atoms with Gasteiger partial charge in [-0.05, 0) is 55.8 Å². The summed E-state index contributed by atoms with van der Waals surface area (Å²) in [6, 6.07) is 14.2. The number of carbonyl (C=O) groups is 1. The number of ether oxygens (including phenoxy) is 2. The first-order valence-electron chi connectivity index (χ1n) is 9.41. The number of hydrogen-bond acceptors (Lipinski definition) is 6. The van der Waals surface area contributed by atoms with Gasteiger partial charge in [0.2, 0.25) is 6.79 Å². The molecule has 2 aliphatic rings. The van der Waals surface area contributed by atoms with Crippen molar-refractivity contribution < 1.29 is 19.4 Å². The number of carboxylic acids is 1. The van der Waals surface area contributed by atoms with Gasteiger partial charge in [0.15, 0.2) is 11.5 Å². The topological polar surface area (TPSA) is 71.9 Å². The smallest absolute Gasteiger partial charge is 0.306 e. The number of likely N-dealkylation sites (tertiary alicyclic amines) is 1. The zero-order valence-electron chi connectivity index (χ0n) is 15.2. The molecule has 0 bridgehead atoms. The van der Waals surface area contributed by atoms with E-state index in [0.717, 1.165) is 45.4 Å². The molecule has 1 N–H and O–H groups in total. The lowest BCUT2D eigenvalue weighted by atomic mass is 9.94. The fraction of sp³-hybridized carbons (Fsp3) is 0.333. The van der Waals surface area contributed by atoms with Crippen LogP contribution in [0, 0.1) is 5.92 Å². The number of thiazole rings is 1. The van der Waals surface area contributed by atoms with E-state index in [1.165, 1.54) is 0 Å². The van der Waals surface area contributed by atoms with Gasteiger partial charge in [0.25, 0.3) is 0 Å². The van der Waals surface area contributed by atoms with Crippen LogP contribution in [-0.2, 0) is 4.79 Å². The van der Waals surface area contributed by atoms with E-state index in [0.29, 0.717) is 12.8 Å². The van der Waals surface area contributed by atoms with Crippen LogP contribution in [-0.4, -0.2) is 40.8 Å². The Hall–Kier alpha value is -2.64. The fourth-order valence-electron chi connectivity index (χ4n) is 4.00. The molecule has 5 rings (SSSR count). The van der Waals surface area contributed by atoms with Gasteiger partial charge in [0.05, 0.1) is 22.2 Å². The quantitative estimate of drug-likeness (QED) is 0.721. The monoisotopic (exact) mass is 396 g/mol. The third-order valence-electron chi connectivity index (χ3n) is 5.50. The largest absolute Gasteiger partial charge is 0.481 e. The summed E-state index contributed by atoms with van der Waals surface area (Å²) < 4.78 is 12.2. The van der Waals surface area contributed by atoms with Gasteiger partial charge in [-0.2, -0.15) is 0 Å². The van der Waals surface area contributed by atoms with Crippen LogP contribution in [0.4, 0.5) is 0 Å². The van der Waals surface area contributed by atoms with Crippen molar-refractivity contribution in [2.75, 3.05) is 19.9 Å². The lowest BCUT2D eigenvalue weighted by molar-refractivity contribution is -0.143. The van der Waals surface area contributed by atoms with Crippen molar-refractivity contribution in [3.05, 3.63) is 53.0 Å². The number of hydrogen-bond donors (Lipinski definition) is 1. The highest BCUT2D eigenvalue weighted by Gasteiger charge is 2.32. The minimum Gasteiger partial charge on any atom is -0.481 e. The zero-order valence-corrected chi connectivity index (χ0v) is 16.0. The number of rotatable bonds is 4. The van der Waals surface area contributed by atoms with Crippen molar-refractivity contribution in [1.82, 2.24) is 9.88 Å². The summed E-state index contributed by atoms with van der Waals surface area (Å²) in [6.45, 7) is 1.70.